The van der Waals surface area contributed by atoms with Gasteiger partial charge in [-0.15, -0.1) is 0 Å². The van der Waals surface area contributed by atoms with Crippen molar-refractivity contribution in [2.75, 3.05) is 18.5 Å². The summed E-state index contributed by atoms with van der Waals surface area (Å²) in [5, 5.41) is 3.07. The number of rotatable bonds is 4. The molecule has 1 aromatic rings. The number of hydrogen-bond acceptors (Lipinski definition) is 2. The molecule has 0 radical (unpaired) electrons. The summed E-state index contributed by atoms with van der Waals surface area (Å²) in [6.45, 7) is 1.95. The molecule has 18 heavy (non-hydrogen) atoms. The first-order valence-electron chi connectivity index (χ1n) is 6.03. The van der Waals surface area contributed by atoms with Gasteiger partial charge in [0.05, 0.1) is 6.54 Å². The van der Waals surface area contributed by atoms with Crippen molar-refractivity contribution in [3.8, 4) is 0 Å². The third-order valence-corrected chi connectivity index (χ3v) is 3.19. The Morgan fingerprint density at radius 1 is 1.50 bits per heavy atom. The molecule has 1 aliphatic carbocycles. The number of carbonyl (C=O) groups is 1. The third-order valence-electron chi connectivity index (χ3n) is 3.19. The molecule has 0 saturated carbocycles. The van der Waals surface area contributed by atoms with Crippen molar-refractivity contribution in [2.24, 2.45) is 0 Å². The second kappa shape index (κ2) is 5.21. The monoisotopic (exact) mass is 248 g/mol. The second-order valence-electron chi connectivity index (χ2n) is 4.51. The van der Waals surface area contributed by atoms with Crippen molar-refractivity contribution in [3.05, 3.63) is 41.4 Å². The van der Waals surface area contributed by atoms with E-state index in [2.05, 4.69) is 11.4 Å². The van der Waals surface area contributed by atoms with Crippen LogP contribution < -0.4 is 10.2 Å². The molecule has 1 amide bonds. The zero-order chi connectivity index (χ0) is 13.1. The maximum absolute atomic E-state index is 13.4. The Morgan fingerprint density at radius 2 is 2.22 bits per heavy atom. The molecule has 0 heterocycles. The molecule has 4 heteroatoms. The molecule has 1 aliphatic rings. The fraction of sp³-hybridized carbons (Fsp3) is 0.357. The Bertz CT molecular complexity index is 497. The van der Waals surface area contributed by atoms with Crippen LogP contribution in [-0.4, -0.2) is 19.5 Å². The Balaban J connectivity index is 1.98. The quantitative estimate of drug-likeness (QED) is 0.887. The minimum atomic E-state index is -0.290. The van der Waals surface area contributed by atoms with Crippen molar-refractivity contribution in [1.29, 1.82) is 0 Å². The Hall–Kier alpha value is -1.84. The van der Waals surface area contributed by atoms with Gasteiger partial charge in [-0.3, -0.25) is 4.79 Å². The molecule has 0 aliphatic heterocycles. The molecule has 3 nitrogen and oxygen atoms in total. The van der Waals surface area contributed by atoms with Gasteiger partial charge in [0.1, 0.15) is 5.82 Å². The molecular formula is C14H17FN2O. The lowest BCUT2D eigenvalue weighted by atomic mass is 10.1. The SMILES string of the molecule is Cc1ccc(N(C)C(=O)CNC2=CCC2)cc1F. The standard InChI is InChI=1S/C14H17FN2O/c1-10-6-7-12(8-13(10)15)17(2)14(18)9-16-11-4-3-5-11/h4,6-8,16H,3,5,9H2,1-2H3. The number of aryl methyl sites for hydroxylation is 1. The highest BCUT2D eigenvalue weighted by molar-refractivity contribution is 5.94. The highest BCUT2D eigenvalue weighted by Crippen LogP contribution is 2.18. The minimum absolute atomic E-state index is 0.0777. The first-order valence-corrected chi connectivity index (χ1v) is 6.03. The van der Waals surface area contributed by atoms with E-state index in [1.54, 1.807) is 26.1 Å². The normalized spacial score (nSPS) is 13.6. The van der Waals surface area contributed by atoms with Crippen LogP contribution in [0.4, 0.5) is 10.1 Å². The molecule has 1 aromatic carbocycles. The van der Waals surface area contributed by atoms with Crippen LogP contribution in [0.2, 0.25) is 0 Å². The van der Waals surface area contributed by atoms with E-state index in [0.29, 0.717) is 11.3 Å². The first-order chi connectivity index (χ1) is 8.58. The predicted octanol–water partition coefficient (Wildman–Crippen LogP) is 2.36. The molecule has 0 unspecified atom stereocenters. The van der Waals surface area contributed by atoms with E-state index in [-0.39, 0.29) is 18.3 Å². The van der Waals surface area contributed by atoms with E-state index in [9.17, 15) is 9.18 Å². The number of benzene rings is 1. The number of allylic oxidation sites excluding steroid dienone is 2. The number of likely N-dealkylation sites (N-methyl/N-ethyl adjacent to an activating group) is 1. The zero-order valence-electron chi connectivity index (χ0n) is 10.7. The fourth-order valence-corrected chi connectivity index (χ4v) is 1.69. The van der Waals surface area contributed by atoms with E-state index >= 15 is 0 Å². The van der Waals surface area contributed by atoms with Crippen LogP contribution in [0.5, 0.6) is 0 Å². The predicted molar refractivity (Wildman–Crippen MR) is 69.9 cm³/mol. The molecule has 0 fully saturated rings. The summed E-state index contributed by atoms with van der Waals surface area (Å²) in [7, 11) is 1.66. The van der Waals surface area contributed by atoms with E-state index in [1.807, 2.05) is 0 Å². The maximum Gasteiger partial charge on any atom is 0.246 e. The summed E-state index contributed by atoms with van der Waals surface area (Å²) in [6.07, 6.45) is 4.16. The fourth-order valence-electron chi connectivity index (χ4n) is 1.69. The number of nitrogens with one attached hydrogen (secondary N) is 1. The number of anilines is 1. The van der Waals surface area contributed by atoms with E-state index in [4.69, 9.17) is 0 Å². The van der Waals surface area contributed by atoms with Gasteiger partial charge in [0.2, 0.25) is 5.91 Å². The van der Waals surface area contributed by atoms with Gasteiger partial charge in [0.25, 0.3) is 0 Å². The molecule has 0 spiro atoms. The maximum atomic E-state index is 13.4. The topological polar surface area (TPSA) is 32.3 Å². The Kier molecular flexibility index (Phi) is 3.65. The average molecular weight is 248 g/mol. The van der Waals surface area contributed by atoms with Crippen LogP contribution in [-0.2, 0) is 4.79 Å². The number of amides is 1. The zero-order valence-corrected chi connectivity index (χ0v) is 10.7. The van der Waals surface area contributed by atoms with Crippen molar-refractivity contribution in [2.45, 2.75) is 19.8 Å². The van der Waals surface area contributed by atoms with Crippen LogP contribution in [0, 0.1) is 12.7 Å². The molecule has 2 rings (SSSR count). The third kappa shape index (κ3) is 2.70. The minimum Gasteiger partial charge on any atom is -0.380 e. The Morgan fingerprint density at radius 3 is 2.78 bits per heavy atom. The van der Waals surface area contributed by atoms with Crippen LogP contribution in [0.25, 0.3) is 0 Å². The van der Waals surface area contributed by atoms with Gasteiger partial charge in [0, 0.05) is 18.4 Å². The van der Waals surface area contributed by atoms with Crippen molar-refractivity contribution in [1.82, 2.24) is 5.32 Å². The average Bonchev–Trinajstić information content (AvgIpc) is 2.29. The van der Waals surface area contributed by atoms with Crippen LogP contribution in [0.1, 0.15) is 18.4 Å². The van der Waals surface area contributed by atoms with Gasteiger partial charge in [-0.05, 0) is 37.5 Å². The van der Waals surface area contributed by atoms with Crippen molar-refractivity contribution < 1.29 is 9.18 Å². The van der Waals surface area contributed by atoms with Gasteiger partial charge in [-0.1, -0.05) is 12.1 Å². The summed E-state index contributed by atoms with van der Waals surface area (Å²) < 4.78 is 13.4. The van der Waals surface area contributed by atoms with Crippen LogP contribution in [0.15, 0.2) is 30.0 Å². The van der Waals surface area contributed by atoms with Gasteiger partial charge in [-0.2, -0.15) is 0 Å². The molecule has 0 atom stereocenters. The summed E-state index contributed by atoms with van der Waals surface area (Å²) >= 11 is 0. The van der Waals surface area contributed by atoms with E-state index in [1.165, 1.54) is 11.0 Å². The molecule has 0 bridgehead atoms. The van der Waals surface area contributed by atoms with Crippen molar-refractivity contribution in [3.63, 3.8) is 0 Å². The lowest BCUT2D eigenvalue weighted by Crippen LogP contribution is -2.36. The lowest BCUT2D eigenvalue weighted by Gasteiger charge is -2.21. The lowest BCUT2D eigenvalue weighted by molar-refractivity contribution is -0.117. The number of halogens is 1. The number of hydrogen-bond donors (Lipinski definition) is 1. The van der Waals surface area contributed by atoms with Crippen LogP contribution in [0.3, 0.4) is 0 Å². The van der Waals surface area contributed by atoms with Crippen LogP contribution >= 0.6 is 0 Å². The highest BCUT2D eigenvalue weighted by atomic mass is 19.1. The summed E-state index contributed by atoms with van der Waals surface area (Å²) in [5.41, 5.74) is 2.27. The van der Waals surface area contributed by atoms with Gasteiger partial charge >= 0.3 is 0 Å². The summed E-state index contributed by atoms with van der Waals surface area (Å²) in [6, 6.07) is 4.81. The molecule has 1 N–H and O–H groups in total. The van der Waals surface area contributed by atoms with E-state index in [0.717, 1.165) is 18.5 Å². The van der Waals surface area contributed by atoms with E-state index < -0.39 is 0 Å². The second-order valence-corrected chi connectivity index (χ2v) is 4.51. The Labute approximate surface area is 106 Å². The van der Waals surface area contributed by atoms with Gasteiger partial charge in [0.15, 0.2) is 0 Å². The molecule has 0 aromatic heterocycles. The van der Waals surface area contributed by atoms with Crippen molar-refractivity contribution >= 4 is 11.6 Å². The molecule has 0 saturated heterocycles. The first kappa shape index (κ1) is 12.6. The van der Waals surface area contributed by atoms with Gasteiger partial charge < -0.3 is 10.2 Å². The molecular weight excluding hydrogens is 231 g/mol. The highest BCUT2D eigenvalue weighted by Gasteiger charge is 2.13. The molecule has 96 valence electrons. The largest absolute Gasteiger partial charge is 0.380 e. The smallest absolute Gasteiger partial charge is 0.246 e. The number of nitrogens with zero attached hydrogens (tertiary/aromatic N) is 1. The summed E-state index contributed by atoms with van der Waals surface area (Å²) in [5.74, 6) is -0.368. The van der Waals surface area contributed by atoms with Gasteiger partial charge in [-0.25, -0.2) is 4.39 Å². The number of carbonyl (C=O) groups excluding carboxylic acids is 1. The summed E-state index contributed by atoms with van der Waals surface area (Å²) in [4.78, 5) is 13.4.